The Labute approximate surface area is 157 Å². The van der Waals surface area contributed by atoms with E-state index in [0.717, 1.165) is 22.5 Å². The van der Waals surface area contributed by atoms with Gasteiger partial charge in [0.25, 0.3) is 5.91 Å². The maximum absolute atomic E-state index is 12.8. The lowest BCUT2D eigenvalue weighted by atomic mass is 10.1. The Hall–Kier alpha value is -3.60. The van der Waals surface area contributed by atoms with E-state index in [9.17, 15) is 4.79 Å². The van der Waals surface area contributed by atoms with Crippen molar-refractivity contribution in [1.29, 1.82) is 0 Å². The first-order chi connectivity index (χ1) is 13.2. The van der Waals surface area contributed by atoms with Gasteiger partial charge in [-0.25, -0.2) is 4.98 Å². The van der Waals surface area contributed by atoms with Gasteiger partial charge in [0.05, 0.1) is 7.11 Å². The molecule has 0 radical (unpaired) electrons. The van der Waals surface area contributed by atoms with Gasteiger partial charge in [0, 0.05) is 17.3 Å². The van der Waals surface area contributed by atoms with Gasteiger partial charge in [0.2, 0.25) is 0 Å². The van der Waals surface area contributed by atoms with E-state index in [1.54, 1.807) is 7.11 Å². The number of hydrogen-bond donors (Lipinski definition) is 1. The van der Waals surface area contributed by atoms with Crippen molar-refractivity contribution in [2.75, 3.05) is 12.4 Å². The number of nitrogens with one attached hydrogen (secondary N) is 1. The SMILES string of the molecule is COc1cccc(-c2nc3ccccn3c2NC(=O)c2ccc(C)cc2)c1. The minimum atomic E-state index is -0.176. The molecule has 27 heavy (non-hydrogen) atoms. The zero-order valence-corrected chi connectivity index (χ0v) is 15.1. The third kappa shape index (κ3) is 3.27. The number of benzene rings is 2. The fraction of sp³-hybridized carbons (Fsp3) is 0.0909. The number of hydrogen-bond acceptors (Lipinski definition) is 3. The number of anilines is 1. The molecule has 5 heteroatoms. The van der Waals surface area contributed by atoms with Crippen molar-refractivity contribution in [2.45, 2.75) is 6.92 Å². The second-order valence-electron chi connectivity index (χ2n) is 6.29. The van der Waals surface area contributed by atoms with Crippen molar-refractivity contribution in [1.82, 2.24) is 9.38 Å². The lowest BCUT2D eigenvalue weighted by Gasteiger charge is -2.09. The van der Waals surface area contributed by atoms with Crippen molar-refractivity contribution in [3.05, 3.63) is 84.1 Å². The highest BCUT2D eigenvalue weighted by molar-refractivity contribution is 6.05. The summed E-state index contributed by atoms with van der Waals surface area (Å²) in [6.45, 7) is 1.99. The van der Waals surface area contributed by atoms with Crippen molar-refractivity contribution in [3.8, 4) is 17.0 Å². The molecule has 2 aromatic carbocycles. The summed E-state index contributed by atoms with van der Waals surface area (Å²) >= 11 is 0. The molecule has 0 atom stereocenters. The van der Waals surface area contributed by atoms with Crippen LogP contribution in [0.15, 0.2) is 72.9 Å². The van der Waals surface area contributed by atoms with Gasteiger partial charge in [-0.2, -0.15) is 0 Å². The molecule has 0 spiro atoms. The van der Waals surface area contributed by atoms with E-state index in [0.29, 0.717) is 17.1 Å². The average molecular weight is 357 g/mol. The number of rotatable bonds is 4. The zero-order chi connectivity index (χ0) is 18.8. The fourth-order valence-corrected chi connectivity index (χ4v) is 2.97. The summed E-state index contributed by atoms with van der Waals surface area (Å²) in [5, 5.41) is 3.03. The van der Waals surface area contributed by atoms with Gasteiger partial charge in [0.15, 0.2) is 0 Å². The average Bonchev–Trinajstić information content (AvgIpc) is 3.07. The first-order valence-electron chi connectivity index (χ1n) is 8.65. The molecule has 4 aromatic rings. The largest absolute Gasteiger partial charge is 0.497 e. The number of aryl methyl sites for hydroxylation is 1. The monoisotopic (exact) mass is 357 g/mol. The third-order valence-electron chi connectivity index (χ3n) is 4.42. The Morgan fingerprint density at radius 3 is 2.63 bits per heavy atom. The van der Waals surface area contributed by atoms with E-state index in [2.05, 4.69) is 5.32 Å². The first kappa shape index (κ1) is 16.8. The number of methoxy groups -OCH3 is 1. The van der Waals surface area contributed by atoms with E-state index in [1.807, 2.05) is 84.3 Å². The molecule has 0 bridgehead atoms. The van der Waals surface area contributed by atoms with Crippen LogP contribution in [0.2, 0.25) is 0 Å². The van der Waals surface area contributed by atoms with Gasteiger partial charge in [-0.3, -0.25) is 9.20 Å². The Kier molecular flexibility index (Phi) is 4.34. The molecule has 5 nitrogen and oxygen atoms in total. The molecule has 0 aliphatic carbocycles. The number of imidazole rings is 1. The van der Waals surface area contributed by atoms with Crippen molar-refractivity contribution in [2.24, 2.45) is 0 Å². The molecule has 0 aliphatic rings. The zero-order valence-electron chi connectivity index (χ0n) is 15.1. The minimum Gasteiger partial charge on any atom is -0.497 e. The molecule has 4 rings (SSSR count). The van der Waals surface area contributed by atoms with E-state index in [4.69, 9.17) is 9.72 Å². The summed E-state index contributed by atoms with van der Waals surface area (Å²) in [5.41, 5.74) is 4.04. The normalized spacial score (nSPS) is 10.7. The topological polar surface area (TPSA) is 55.6 Å². The molecule has 0 fully saturated rings. The van der Waals surface area contributed by atoms with Crippen LogP contribution in [0.4, 0.5) is 5.82 Å². The van der Waals surface area contributed by atoms with E-state index in [1.165, 1.54) is 0 Å². The molecule has 2 aromatic heterocycles. The summed E-state index contributed by atoms with van der Waals surface area (Å²) in [6, 6.07) is 20.9. The Morgan fingerprint density at radius 1 is 1.04 bits per heavy atom. The van der Waals surface area contributed by atoms with Gasteiger partial charge < -0.3 is 10.1 Å². The van der Waals surface area contributed by atoms with Crippen LogP contribution in [-0.4, -0.2) is 22.4 Å². The number of aromatic nitrogens is 2. The lowest BCUT2D eigenvalue weighted by Crippen LogP contribution is -2.14. The number of carbonyl (C=O) groups excluding carboxylic acids is 1. The third-order valence-corrected chi connectivity index (χ3v) is 4.42. The number of pyridine rings is 1. The molecule has 0 saturated heterocycles. The highest BCUT2D eigenvalue weighted by Gasteiger charge is 2.17. The second kappa shape index (κ2) is 6.96. The summed E-state index contributed by atoms with van der Waals surface area (Å²) in [7, 11) is 1.63. The van der Waals surface area contributed by atoms with Crippen LogP contribution < -0.4 is 10.1 Å². The van der Waals surface area contributed by atoms with E-state index < -0.39 is 0 Å². The molecule has 1 N–H and O–H groups in total. The van der Waals surface area contributed by atoms with Gasteiger partial charge in [0.1, 0.15) is 22.9 Å². The molecular formula is C22H19N3O2. The van der Waals surface area contributed by atoms with Gasteiger partial charge >= 0.3 is 0 Å². The maximum atomic E-state index is 12.8. The molecule has 0 saturated carbocycles. The number of amides is 1. The highest BCUT2D eigenvalue weighted by atomic mass is 16.5. The standard InChI is InChI=1S/C22H19N3O2/c1-15-9-11-16(12-10-15)22(26)24-21-20(17-6-5-7-18(14-17)27-2)23-19-8-3-4-13-25(19)21/h3-14H,1-2H3,(H,24,26). The number of fused-ring (bicyclic) bond motifs is 1. The number of carbonyl (C=O) groups is 1. The highest BCUT2D eigenvalue weighted by Crippen LogP contribution is 2.31. The van der Waals surface area contributed by atoms with Crippen LogP contribution in [0, 0.1) is 6.92 Å². The van der Waals surface area contributed by atoms with Crippen LogP contribution in [0.25, 0.3) is 16.9 Å². The predicted molar refractivity (Wildman–Crippen MR) is 106 cm³/mol. The number of nitrogens with zero attached hydrogens (tertiary/aromatic N) is 2. The predicted octanol–water partition coefficient (Wildman–Crippen LogP) is 4.57. The molecule has 1 amide bonds. The lowest BCUT2D eigenvalue weighted by molar-refractivity contribution is 0.102. The van der Waals surface area contributed by atoms with Gasteiger partial charge in [-0.05, 0) is 43.3 Å². The summed E-state index contributed by atoms with van der Waals surface area (Å²) in [6.07, 6.45) is 1.89. The van der Waals surface area contributed by atoms with Crippen LogP contribution in [0.3, 0.4) is 0 Å². The van der Waals surface area contributed by atoms with Crippen molar-refractivity contribution >= 4 is 17.4 Å². The Morgan fingerprint density at radius 2 is 1.85 bits per heavy atom. The number of ether oxygens (including phenoxy) is 1. The Bertz CT molecular complexity index is 1110. The summed E-state index contributed by atoms with van der Waals surface area (Å²) < 4.78 is 7.21. The van der Waals surface area contributed by atoms with E-state index >= 15 is 0 Å². The first-order valence-corrected chi connectivity index (χ1v) is 8.65. The van der Waals surface area contributed by atoms with E-state index in [-0.39, 0.29) is 5.91 Å². The van der Waals surface area contributed by atoms with Crippen molar-refractivity contribution < 1.29 is 9.53 Å². The Balaban J connectivity index is 1.80. The van der Waals surface area contributed by atoms with Gasteiger partial charge in [-0.1, -0.05) is 35.9 Å². The van der Waals surface area contributed by atoms with Crippen LogP contribution >= 0.6 is 0 Å². The van der Waals surface area contributed by atoms with Crippen LogP contribution in [0.5, 0.6) is 5.75 Å². The molecule has 0 unspecified atom stereocenters. The molecule has 134 valence electrons. The smallest absolute Gasteiger partial charge is 0.256 e. The maximum Gasteiger partial charge on any atom is 0.256 e. The summed E-state index contributed by atoms with van der Waals surface area (Å²) in [4.78, 5) is 17.5. The fourth-order valence-electron chi connectivity index (χ4n) is 2.97. The second-order valence-corrected chi connectivity index (χ2v) is 6.29. The molecule has 2 heterocycles. The quantitative estimate of drug-likeness (QED) is 0.582. The van der Waals surface area contributed by atoms with Crippen LogP contribution in [0.1, 0.15) is 15.9 Å². The molecule has 0 aliphatic heterocycles. The molecular weight excluding hydrogens is 338 g/mol. The van der Waals surface area contributed by atoms with Gasteiger partial charge in [-0.15, -0.1) is 0 Å². The summed E-state index contributed by atoms with van der Waals surface area (Å²) in [5.74, 6) is 1.19. The van der Waals surface area contributed by atoms with Crippen molar-refractivity contribution in [3.63, 3.8) is 0 Å². The van der Waals surface area contributed by atoms with Crippen LogP contribution in [-0.2, 0) is 0 Å². The minimum absolute atomic E-state index is 0.176.